The van der Waals surface area contributed by atoms with Gasteiger partial charge in [0.25, 0.3) is 0 Å². The van der Waals surface area contributed by atoms with Gasteiger partial charge in [0, 0.05) is 6.54 Å². The number of halogens is 3. The Morgan fingerprint density at radius 3 is 2.40 bits per heavy atom. The van der Waals surface area contributed by atoms with Gasteiger partial charge in [-0.25, -0.2) is 0 Å². The van der Waals surface area contributed by atoms with E-state index in [9.17, 15) is 23.1 Å². The minimum atomic E-state index is -4.37. The summed E-state index contributed by atoms with van der Waals surface area (Å²) in [5.74, 6) is -0.899. The maximum Gasteiger partial charge on any atom is 0.416 e. The standard InChI is InChI=1S/C14H16F3NO2/c15-14(16,17)11-4-2-10(3-5-11)8-13(12(19)20)6-1-7-18-9-13/h2-5,18H,1,6-9H2,(H,19,20). The summed E-state index contributed by atoms with van der Waals surface area (Å²) >= 11 is 0. The molecule has 0 amide bonds. The number of benzene rings is 1. The Morgan fingerprint density at radius 2 is 1.95 bits per heavy atom. The fourth-order valence-electron chi connectivity index (χ4n) is 2.58. The number of carboxylic acids is 1. The zero-order valence-corrected chi connectivity index (χ0v) is 10.8. The van der Waals surface area contributed by atoms with Gasteiger partial charge in [-0.3, -0.25) is 4.79 Å². The molecule has 1 unspecified atom stereocenters. The largest absolute Gasteiger partial charge is 0.481 e. The van der Waals surface area contributed by atoms with E-state index >= 15 is 0 Å². The molecule has 0 aliphatic carbocycles. The van der Waals surface area contributed by atoms with E-state index < -0.39 is 23.1 Å². The van der Waals surface area contributed by atoms with Crippen molar-refractivity contribution in [1.29, 1.82) is 0 Å². The lowest BCUT2D eigenvalue weighted by Crippen LogP contribution is -2.47. The number of rotatable bonds is 3. The van der Waals surface area contributed by atoms with Crippen LogP contribution in [0, 0.1) is 5.41 Å². The van der Waals surface area contributed by atoms with E-state index in [2.05, 4.69) is 5.32 Å². The fourth-order valence-corrected chi connectivity index (χ4v) is 2.58. The predicted octanol–water partition coefficient (Wildman–Crippen LogP) is 2.70. The summed E-state index contributed by atoms with van der Waals surface area (Å²) in [7, 11) is 0. The molecule has 3 nitrogen and oxygen atoms in total. The quantitative estimate of drug-likeness (QED) is 0.898. The molecule has 1 heterocycles. The first-order valence-electron chi connectivity index (χ1n) is 6.44. The second-order valence-corrected chi connectivity index (χ2v) is 5.24. The lowest BCUT2D eigenvalue weighted by molar-refractivity contribution is -0.150. The van der Waals surface area contributed by atoms with Gasteiger partial charge < -0.3 is 10.4 Å². The summed E-state index contributed by atoms with van der Waals surface area (Å²) in [6.45, 7) is 1.13. The third-order valence-electron chi connectivity index (χ3n) is 3.75. The molecule has 0 spiro atoms. The van der Waals surface area contributed by atoms with Crippen molar-refractivity contribution in [3.63, 3.8) is 0 Å². The fraction of sp³-hybridized carbons (Fsp3) is 0.500. The van der Waals surface area contributed by atoms with E-state index in [1.54, 1.807) is 0 Å². The number of hydrogen-bond acceptors (Lipinski definition) is 2. The number of hydrogen-bond donors (Lipinski definition) is 2. The molecular weight excluding hydrogens is 271 g/mol. The molecule has 0 radical (unpaired) electrons. The number of carbonyl (C=O) groups is 1. The first-order chi connectivity index (χ1) is 9.33. The predicted molar refractivity (Wildman–Crippen MR) is 67.3 cm³/mol. The van der Waals surface area contributed by atoms with Crippen LogP contribution in [0.4, 0.5) is 13.2 Å². The van der Waals surface area contributed by atoms with Crippen LogP contribution in [0.5, 0.6) is 0 Å². The van der Waals surface area contributed by atoms with Crippen LogP contribution in [0.3, 0.4) is 0 Å². The Balaban J connectivity index is 2.17. The highest BCUT2D eigenvalue weighted by molar-refractivity contribution is 5.75. The van der Waals surface area contributed by atoms with E-state index in [1.807, 2.05) is 0 Å². The zero-order chi connectivity index (χ0) is 14.8. The van der Waals surface area contributed by atoms with Crippen molar-refractivity contribution in [2.75, 3.05) is 13.1 Å². The highest BCUT2D eigenvalue weighted by atomic mass is 19.4. The Labute approximate surface area is 114 Å². The maximum atomic E-state index is 12.5. The average Bonchev–Trinajstić information content (AvgIpc) is 2.39. The Bertz CT molecular complexity index is 476. The maximum absolute atomic E-state index is 12.5. The molecule has 0 bridgehead atoms. The van der Waals surface area contributed by atoms with Crippen molar-refractivity contribution in [3.05, 3.63) is 35.4 Å². The van der Waals surface area contributed by atoms with Crippen molar-refractivity contribution in [2.45, 2.75) is 25.4 Å². The molecule has 110 valence electrons. The van der Waals surface area contributed by atoms with Gasteiger partial charge in [-0.15, -0.1) is 0 Å². The minimum absolute atomic E-state index is 0.244. The van der Waals surface area contributed by atoms with Crippen molar-refractivity contribution in [1.82, 2.24) is 5.32 Å². The summed E-state index contributed by atoms with van der Waals surface area (Å²) in [6.07, 6.45) is -2.83. The summed E-state index contributed by atoms with van der Waals surface area (Å²) in [5, 5.41) is 12.5. The SMILES string of the molecule is O=C(O)C1(Cc2ccc(C(F)(F)F)cc2)CCCNC1. The molecule has 1 atom stereocenters. The van der Waals surface area contributed by atoms with E-state index in [4.69, 9.17) is 0 Å². The molecule has 0 saturated carbocycles. The lowest BCUT2D eigenvalue weighted by atomic mass is 9.76. The van der Waals surface area contributed by atoms with Crippen LogP contribution in [0.15, 0.2) is 24.3 Å². The van der Waals surface area contributed by atoms with Crippen molar-refractivity contribution < 1.29 is 23.1 Å². The lowest BCUT2D eigenvalue weighted by Gasteiger charge is -2.33. The molecule has 0 aromatic heterocycles. The smallest absolute Gasteiger partial charge is 0.416 e. The van der Waals surface area contributed by atoms with Crippen LogP contribution >= 0.6 is 0 Å². The van der Waals surface area contributed by atoms with Crippen molar-refractivity contribution >= 4 is 5.97 Å². The van der Waals surface area contributed by atoms with Crippen molar-refractivity contribution in [3.8, 4) is 0 Å². The summed E-state index contributed by atoms with van der Waals surface area (Å²) in [5.41, 5.74) is -1.02. The van der Waals surface area contributed by atoms with Crippen LogP contribution in [-0.4, -0.2) is 24.2 Å². The monoisotopic (exact) mass is 287 g/mol. The van der Waals surface area contributed by atoms with E-state index in [-0.39, 0.29) is 6.42 Å². The Morgan fingerprint density at radius 1 is 1.30 bits per heavy atom. The van der Waals surface area contributed by atoms with Gasteiger partial charge in [-0.05, 0) is 43.5 Å². The normalized spacial score (nSPS) is 23.6. The number of nitrogens with one attached hydrogen (secondary N) is 1. The number of alkyl halides is 3. The van der Waals surface area contributed by atoms with Gasteiger partial charge in [0.2, 0.25) is 0 Å². The van der Waals surface area contributed by atoms with Gasteiger partial charge in [-0.1, -0.05) is 12.1 Å². The minimum Gasteiger partial charge on any atom is -0.481 e. The molecule has 20 heavy (non-hydrogen) atoms. The van der Waals surface area contributed by atoms with Gasteiger partial charge in [0.15, 0.2) is 0 Å². The summed E-state index contributed by atoms with van der Waals surface area (Å²) in [4.78, 5) is 11.5. The third kappa shape index (κ3) is 3.12. The highest BCUT2D eigenvalue weighted by Crippen LogP contribution is 2.33. The zero-order valence-electron chi connectivity index (χ0n) is 10.8. The van der Waals surface area contributed by atoms with Gasteiger partial charge in [0.1, 0.15) is 0 Å². The number of piperidine rings is 1. The topological polar surface area (TPSA) is 49.3 Å². The molecule has 1 fully saturated rings. The molecule has 1 aromatic rings. The van der Waals surface area contributed by atoms with E-state index in [0.717, 1.165) is 25.1 Å². The average molecular weight is 287 g/mol. The van der Waals surface area contributed by atoms with Gasteiger partial charge in [0.05, 0.1) is 11.0 Å². The van der Waals surface area contributed by atoms with Crippen LogP contribution < -0.4 is 5.32 Å². The second kappa shape index (κ2) is 5.44. The molecule has 1 aromatic carbocycles. The van der Waals surface area contributed by atoms with Crippen molar-refractivity contribution in [2.24, 2.45) is 5.41 Å². The van der Waals surface area contributed by atoms with Gasteiger partial charge in [-0.2, -0.15) is 13.2 Å². The summed E-state index contributed by atoms with van der Waals surface area (Å²) in [6, 6.07) is 4.73. The first-order valence-corrected chi connectivity index (χ1v) is 6.44. The van der Waals surface area contributed by atoms with Crippen LogP contribution in [0.1, 0.15) is 24.0 Å². The molecule has 2 N–H and O–H groups in total. The molecule has 6 heteroatoms. The van der Waals surface area contributed by atoms with Crippen LogP contribution in [-0.2, 0) is 17.4 Å². The Kier molecular flexibility index (Phi) is 4.04. The molecule has 1 aliphatic rings. The third-order valence-corrected chi connectivity index (χ3v) is 3.75. The summed E-state index contributed by atoms with van der Waals surface area (Å²) < 4.78 is 37.4. The van der Waals surface area contributed by atoms with E-state index in [0.29, 0.717) is 18.5 Å². The molecule has 2 rings (SSSR count). The Hall–Kier alpha value is -1.56. The molecule has 1 saturated heterocycles. The number of carboxylic acid groups (broad SMARTS) is 1. The second-order valence-electron chi connectivity index (χ2n) is 5.24. The number of aliphatic carboxylic acids is 1. The van der Waals surface area contributed by atoms with Crippen LogP contribution in [0.25, 0.3) is 0 Å². The molecule has 1 aliphatic heterocycles. The molecular formula is C14H16F3NO2. The van der Waals surface area contributed by atoms with Gasteiger partial charge >= 0.3 is 12.1 Å². The first kappa shape index (κ1) is 14.8. The van der Waals surface area contributed by atoms with Crippen LogP contribution in [0.2, 0.25) is 0 Å². The highest BCUT2D eigenvalue weighted by Gasteiger charge is 2.40. The van der Waals surface area contributed by atoms with E-state index in [1.165, 1.54) is 12.1 Å².